The van der Waals surface area contributed by atoms with Crippen molar-refractivity contribution in [1.82, 2.24) is 14.5 Å². The van der Waals surface area contributed by atoms with Crippen molar-refractivity contribution in [3.8, 4) is 17.1 Å². The Morgan fingerprint density at radius 3 is 1.75 bits per heavy atom. The second kappa shape index (κ2) is 13.5. The van der Waals surface area contributed by atoms with Crippen LogP contribution in [0.1, 0.15) is 22.3 Å². The van der Waals surface area contributed by atoms with Crippen LogP contribution >= 0.6 is 0 Å². The Bertz CT molecular complexity index is 3010. The summed E-state index contributed by atoms with van der Waals surface area (Å²) >= 11 is 0. The Labute approximate surface area is 347 Å². The number of hydrogen-bond donors (Lipinski definition) is 0. The van der Waals surface area contributed by atoms with Crippen molar-refractivity contribution in [2.24, 2.45) is 0 Å². The fourth-order valence-electron chi connectivity index (χ4n) is 9.38. The molecule has 0 saturated carbocycles. The Morgan fingerprint density at radius 1 is 0.509 bits per heavy atom. The molecule has 6 aromatic carbocycles. The largest absolute Gasteiger partial charge is 2.00 e. The quantitative estimate of drug-likeness (QED) is 0.130. The maximum atomic E-state index is 4.87. The zero-order chi connectivity index (χ0) is 37.7. The second-order valence-electron chi connectivity index (χ2n) is 15.1. The Balaban J connectivity index is 0.00000396. The van der Waals surface area contributed by atoms with Gasteiger partial charge >= 0.3 is 21.1 Å². The van der Waals surface area contributed by atoms with Gasteiger partial charge in [0.15, 0.2) is 0 Å². The minimum atomic E-state index is -0.171. The minimum Gasteiger partial charge on any atom is -0.366 e. The van der Waals surface area contributed by atoms with Crippen molar-refractivity contribution in [3.63, 3.8) is 0 Å². The van der Waals surface area contributed by atoms with Gasteiger partial charge in [0.05, 0.1) is 0 Å². The molecule has 0 fully saturated rings. The summed E-state index contributed by atoms with van der Waals surface area (Å²) in [5.74, 6) is 0.868. The van der Waals surface area contributed by atoms with Crippen molar-refractivity contribution in [2.45, 2.75) is 27.7 Å². The summed E-state index contributed by atoms with van der Waals surface area (Å²) < 4.78 is 2.27. The molecule has 0 bridgehead atoms. The van der Waals surface area contributed by atoms with Gasteiger partial charge in [-0.25, -0.2) is 4.98 Å². The first-order valence-corrected chi connectivity index (χ1v) is 19.2. The average molecular weight is 913 g/mol. The average Bonchev–Trinajstić information content (AvgIpc) is 3.55. The van der Waals surface area contributed by atoms with Gasteiger partial charge in [-0.2, -0.15) is 11.5 Å². The zero-order valence-corrected chi connectivity index (χ0v) is 34.3. The maximum absolute atomic E-state index is 4.87. The van der Waals surface area contributed by atoms with Crippen molar-refractivity contribution < 1.29 is 21.1 Å². The van der Waals surface area contributed by atoms with E-state index in [1.54, 1.807) is 0 Å². The fraction of sp³-hybridized carbons (Fsp3) is 0.0800. The van der Waals surface area contributed by atoms with E-state index in [9.17, 15) is 0 Å². The van der Waals surface area contributed by atoms with Gasteiger partial charge in [0.25, 0.3) is 0 Å². The number of nitrogens with zero attached hydrogens (tertiary/aromatic N) is 5. The molecule has 0 N–H and O–H groups in total. The van der Waals surface area contributed by atoms with Crippen molar-refractivity contribution in [1.29, 1.82) is 0 Å². The van der Waals surface area contributed by atoms with Crippen LogP contribution in [0.4, 0.5) is 34.1 Å². The third-order valence-electron chi connectivity index (χ3n) is 11.7. The van der Waals surface area contributed by atoms with Crippen LogP contribution in [0.3, 0.4) is 0 Å². The van der Waals surface area contributed by atoms with E-state index in [1.807, 2.05) is 30.6 Å². The summed E-state index contributed by atoms with van der Waals surface area (Å²) in [6.45, 7) is 8.72. The molecule has 0 spiro atoms. The standard InChI is InChI=1S/C50H36BN5.Pt/c1-31-14-11-15-32(2)49(31)55-42-25-24-35(40-19-7-9-26-52-40)28-38(42)51-39-30-45-37(36-18-5-6-20-41(36)54(45)47-23-8-10-27-53-47)29-46(39)56(44-22-13-21-43(55)48(44)51)50-33(3)16-12-17-34(50)4;/h5-27,29H,1-4H3;/q-2;+2. The number of aromatic nitrogens is 3. The topological polar surface area (TPSA) is 37.2 Å². The van der Waals surface area contributed by atoms with Crippen LogP contribution in [-0.4, -0.2) is 21.2 Å². The molecule has 5 nitrogen and oxygen atoms in total. The van der Waals surface area contributed by atoms with Gasteiger partial charge in [0.1, 0.15) is 5.82 Å². The molecule has 57 heavy (non-hydrogen) atoms. The Hall–Kier alpha value is -6.23. The number of fused-ring (bicyclic) bond motifs is 7. The molecule has 0 unspecified atom stereocenters. The number of aryl methyl sites for hydroxylation is 4. The number of para-hydroxylation sites is 3. The van der Waals surface area contributed by atoms with Gasteiger partial charge in [-0.1, -0.05) is 90.1 Å². The minimum absolute atomic E-state index is 0. The SMILES string of the molecule is Cc1cccc(C)c1N1c2ccc(-c3ccccn3)[c-]c2B2c3[c-]c4c(cc3N(c3c(C)cccc3C)c3cccc1c32)c1ccccc1n4-c1ccccn1.[Pt+2]. The number of benzene rings is 6. The molecule has 7 heteroatoms. The normalized spacial score (nSPS) is 12.7. The van der Waals surface area contributed by atoms with Crippen molar-refractivity contribution >= 4 is 79.0 Å². The third kappa shape index (κ3) is 5.20. The molecule has 0 amide bonds. The molecule has 274 valence electrons. The van der Waals surface area contributed by atoms with E-state index in [0.717, 1.165) is 67.2 Å². The molecule has 2 aliphatic rings. The molecule has 5 heterocycles. The maximum Gasteiger partial charge on any atom is 2.00 e. The summed E-state index contributed by atoms with van der Waals surface area (Å²) in [6, 6.07) is 55.9. The van der Waals surface area contributed by atoms with E-state index < -0.39 is 0 Å². The van der Waals surface area contributed by atoms with Gasteiger partial charge in [0.2, 0.25) is 6.71 Å². The van der Waals surface area contributed by atoms with Crippen molar-refractivity contribution in [2.75, 3.05) is 9.80 Å². The first-order valence-electron chi connectivity index (χ1n) is 19.2. The molecular weight excluding hydrogens is 876 g/mol. The van der Waals surface area contributed by atoms with Crippen LogP contribution in [0, 0.1) is 39.8 Å². The summed E-state index contributed by atoms with van der Waals surface area (Å²) in [7, 11) is 0. The van der Waals surface area contributed by atoms with Gasteiger partial charge in [-0.15, -0.1) is 40.7 Å². The smallest absolute Gasteiger partial charge is 0.366 e. The predicted octanol–water partition coefficient (Wildman–Crippen LogP) is 10.2. The first-order chi connectivity index (χ1) is 27.5. The molecule has 3 aromatic heterocycles. The molecule has 9 aromatic rings. The van der Waals surface area contributed by atoms with E-state index in [-0.39, 0.29) is 27.8 Å². The molecule has 0 atom stereocenters. The number of hydrogen-bond acceptors (Lipinski definition) is 4. The Morgan fingerprint density at radius 2 is 1.11 bits per heavy atom. The number of anilines is 6. The number of rotatable bonds is 4. The van der Waals surface area contributed by atoms with Crippen molar-refractivity contribution in [3.05, 3.63) is 180 Å². The molecule has 11 rings (SSSR count). The van der Waals surface area contributed by atoms with E-state index >= 15 is 0 Å². The van der Waals surface area contributed by atoms with E-state index in [1.165, 1.54) is 44.5 Å². The van der Waals surface area contributed by atoms with Crippen LogP contribution in [0.15, 0.2) is 146 Å². The van der Waals surface area contributed by atoms with Crippen LogP contribution < -0.4 is 26.2 Å². The second-order valence-corrected chi connectivity index (χ2v) is 15.1. The van der Waals surface area contributed by atoms with E-state index in [2.05, 4.69) is 169 Å². The van der Waals surface area contributed by atoms with Crippen LogP contribution in [0.25, 0.3) is 38.9 Å². The number of pyridine rings is 2. The van der Waals surface area contributed by atoms with Crippen LogP contribution in [0.2, 0.25) is 0 Å². The summed E-state index contributed by atoms with van der Waals surface area (Å²) in [5.41, 5.74) is 19.2. The van der Waals surface area contributed by atoms with Crippen LogP contribution in [0.5, 0.6) is 0 Å². The van der Waals surface area contributed by atoms with Crippen LogP contribution in [-0.2, 0) is 21.1 Å². The zero-order valence-electron chi connectivity index (χ0n) is 32.0. The third-order valence-corrected chi connectivity index (χ3v) is 11.7. The van der Waals surface area contributed by atoms with Gasteiger partial charge in [0, 0.05) is 40.7 Å². The first kappa shape index (κ1) is 35.2. The summed E-state index contributed by atoms with van der Waals surface area (Å²) in [4.78, 5) is 14.6. The Kier molecular flexibility index (Phi) is 8.32. The molecule has 0 radical (unpaired) electrons. The van der Waals surface area contributed by atoms with Gasteiger partial charge in [-0.05, 0) is 109 Å². The molecule has 0 saturated heterocycles. The fourth-order valence-corrected chi connectivity index (χ4v) is 9.38. The van der Waals surface area contributed by atoms with E-state index in [0.29, 0.717) is 0 Å². The van der Waals surface area contributed by atoms with Gasteiger partial charge in [-0.3, -0.25) is 0 Å². The molecule has 2 aliphatic heterocycles. The predicted molar refractivity (Wildman–Crippen MR) is 232 cm³/mol. The molecule has 0 aliphatic carbocycles. The summed E-state index contributed by atoms with van der Waals surface area (Å²) in [5, 5.41) is 2.31. The molecular formula is C50H36BN5Pt. The monoisotopic (exact) mass is 912 g/mol. The summed E-state index contributed by atoms with van der Waals surface area (Å²) in [6.07, 6.45) is 3.73. The van der Waals surface area contributed by atoms with E-state index in [4.69, 9.17) is 9.97 Å². The van der Waals surface area contributed by atoms with Gasteiger partial charge < -0.3 is 19.4 Å².